The number of aliphatic imine (C=N–C) groups is 1. The van der Waals surface area contributed by atoms with Crippen molar-refractivity contribution in [3.8, 4) is 0 Å². The highest BCUT2D eigenvalue weighted by molar-refractivity contribution is 7.96. The molecule has 1 unspecified atom stereocenters. The molecule has 1 atom stereocenters. The van der Waals surface area contributed by atoms with Gasteiger partial charge in [-0.1, -0.05) is 30.3 Å². The molecule has 3 heterocycles. The fourth-order valence-corrected chi connectivity index (χ4v) is 5.86. The number of nitrogens with zero attached hydrogens (tertiary/aromatic N) is 2. The van der Waals surface area contributed by atoms with Crippen molar-refractivity contribution >= 4 is 23.0 Å². The molecule has 2 N–H and O–H groups in total. The second kappa shape index (κ2) is 11.3. The van der Waals surface area contributed by atoms with Crippen LogP contribution in [0.25, 0.3) is 0 Å². The summed E-state index contributed by atoms with van der Waals surface area (Å²) in [4.78, 5) is 7.47. The van der Waals surface area contributed by atoms with E-state index < -0.39 is 11.2 Å². The molecule has 0 bridgehead atoms. The standard InChI is InChI=1S/C24H34N4O3S/c1-18-11-16-32(29)22(18)23(26-20-9-14-30-15-10-20)27-24(25)28-12-7-21(8-13-28)31-17-19-5-3-2-4-6-19/h2-6,20-21H,7-17H2,1H3,(H2,25,26,27). The van der Waals surface area contributed by atoms with Crippen LogP contribution in [-0.4, -0.2) is 65.4 Å². The molecular weight excluding hydrogens is 424 g/mol. The van der Waals surface area contributed by atoms with E-state index >= 15 is 0 Å². The molecule has 0 aliphatic carbocycles. The number of piperidine rings is 1. The van der Waals surface area contributed by atoms with Gasteiger partial charge in [0.2, 0.25) is 5.96 Å². The highest BCUT2D eigenvalue weighted by Gasteiger charge is 2.32. The third-order valence-corrected chi connectivity index (χ3v) is 7.91. The molecule has 32 heavy (non-hydrogen) atoms. The lowest BCUT2D eigenvalue weighted by Crippen LogP contribution is -2.44. The summed E-state index contributed by atoms with van der Waals surface area (Å²) in [6.45, 7) is 5.58. The molecule has 1 aromatic carbocycles. The first-order valence-corrected chi connectivity index (χ1v) is 12.9. The number of rotatable bonds is 5. The number of benzene rings is 1. The van der Waals surface area contributed by atoms with Crippen LogP contribution < -0.4 is 5.32 Å². The van der Waals surface area contributed by atoms with Crippen molar-refractivity contribution < 1.29 is 14.0 Å². The van der Waals surface area contributed by atoms with Gasteiger partial charge in [0.05, 0.1) is 12.7 Å². The van der Waals surface area contributed by atoms with Crippen molar-refractivity contribution in [2.24, 2.45) is 4.99 Å². The molecule has 174 valence electrons. The fourth-order valence-electron chi connectivity index (χ4n) is 4.35. The van der Waals surface area contributed by atoms with Gasteiger partial charge in [0.1, 0.15) is 5.75 Å². The van der Waals surface area contributed by atoms with Crippen LogP contribution in [0.5, 0.6) is 0 Å². The molecule has 0 spiro atoms. The summed E-state index contributed by atoms with van der Waals surface area (Å²) in [6, 6.07) is 10.5. The molecule has 4 rings (SSSR count). The van der Waals surface area contributed by atoms with Crippen LogP contribution in [0.15, 0.2) is 45.8 Å². The number of allylic oxidation sites excluding steroid dienone is 1. The van der Waals surface area contributed by atoms with Crippen LogP contribution in [0, 0.1) is 5.41 Å². The molecule has 2 fully saturated rings. The Morgan fingerprint density at radius 1 is 1.22 bits per heavy atom. The van der Waals surface area contributed by atoms with E-state index in [-0.39, 0.29) is 18.1 Å². The third kappa shape index (κ3) is 6.13. The van der Waals surface area contributed by atoms with Crippen LogP contribution in [0.1, 0.15) is 44.6 Å². The van der Waals surface area contributed by atoms with Gasteiger partial charge in [0, 0.05) is 38.8 Å². The molecule has 2 saturated heterocycles. The quantitative estimate of drug-likeness (QED) is 0.402. The maximum absolute atomic E-state index is 12.7. The highest BCUT2D eigenvalue weighted by Crippen LogP contribution is 2.27. The second-order valence-corrected chi connectivity index (χ2v) is 10.2. The Balaban J connectivity index is 1.36. The first-order chi connectivity index (χ1) is 15.6. The summed E-state index contributed by atoms with van der Waals surface area (Å²) in [7, 11) is 0. The zero-order valence-electron chi connectivity index (χ0n) is 18.8. The third-order valence-electron chi connectivity index (χ3n) is 6.34. The Kier molecular flexibility index (Phi) is 8.24. The second-order valence-electron chi connectivity index (χ2n) is 8.71. The molecule has 8 heteroatoms. The minimum atomic E-state index is -1.05. The van der Waals surface area contributed by atoms with Gasteiger partial charge in [-0.25, -0.2) is 0 Å². The molecule has 0 radical (unpaired) electrons. The lowest BCUT2D eigenvalue weighted by Gasteiger charge is -2.32. The average Bonchev–Trinajstić information content (AvgIpc) is 3.16. The number of guanidine groups is 1. The van der Waals surface area contributed by atoms with Gasteiger partial charge in [-0.2, -0.15) is 4.99 Å². The lowest BCUT2D eigenvalue weighted by molar-refractivity contribution is 0.00814. The van der Waals surface area contributed by atoms with E-state index in [2.05, 4.69) is 22.4 Å². The highest BCUT2D eigenvalue weighted by atomic mass is 32.2. The van der Waals surface area contributed by atoms with Gasteiger partial charge in [0.15, 0.2) is 10.7 Å². The molecule has 1 aromatic rings. The summed E-state index contributed by atoms with van der Waals surface area (Å²) in [5.41, 5.74) is 2.30. The van der Waals surface area contributed by atoms with E-state index in [1.807, 2.05) is 30.0 Å². The van der Waals surface area contributed by atoms with E-state index in [4.69, 9.17) is 14.9 Å². The van der Waals surface area contributed by atoms with Gasteiger partial charge in [0.25, 0.3) is 0 Å². The number of amidine groups is 1. The smallest absolute Gasteiger partial charge is 0.219 e. The van der Waals surface area contributed by atoms with Crippen molar-refractivity contribution in [3.05, 3.63) is 46.4 Å². The Morgan fingerprint density at radius 3 is 2.59 bits per heavy atom. The first kappa shape index (κ1) is 23.3. The van der Waals surface area contributed by atoms with E-state index in [9.17, 15) is 4.55 Å². The van der Waals surface area contributed by atoms with E-state index in [0.717, 1.165) is 68.9 Å². The van der Waals surface area contributed by atoms with Gasteiger partial charge in [-0.05, 0) is 54.9 Å². The van der Waals surface area contributed by atoms with E-state index in [0.29, 0.717) is 18.2 Å². The molecule has 7 nitrogen and oxygen atoms in total. The fraction of sp³-hybridized carbons (Fsp3) is 0.583. The van der Waals surface area contributed by atoms with Crippen molar-refractivity contribution in [1.82, 2.24) is 10.2 Å². The summed E-state index contributed by atoms with van der Waals surface area (Å²) < 4.78 is 24.2. The summed E-state index contributed by atoms with van der Waals surface area (Å²) >= 11 is -1.05. The first-order valence-electron chi connectivity index (χ1n) is 11.6. The minimum Gasteiger partial charge on any atom is -0.611 e. The predicted molar refractivity (Wildman–Crippen MR) is 128 cm³/mol. The molecular formula is C24H34N4O3S. The van der Waals surface area contributed by atoms with E-state index in [1.54, 1.807) is 0 Å². The largest absolute Gasteiger partial charge is 0.611 e. The Morgan fingerprint density at radius 2 is 1.94 bits per heavy atom. The topological polar surface area (TPSA) is 93.0 Å². The summed E-state index contributed by atoms with van der Waals surface area (Å²) in [5, 5.41) is 12.1. The Hall–Kier alpha value is -1.87. The molecule has 3 aliphatic rings. The van der Waals surface area contributed by atoms with Gasteiger partial charge in [-0.15, -0.1) is 0 Å². The van der Waals surface area contributed by atoms with Crippen molar-refractivity contribution in [1.29, 1.82) is 5.41 Å². The summed E-state index contributed by atoms with van der Waals surface area (Å²) in [6.07, 6.45) is 4.58. The maximum atomic E-state index is 12.7. The van der Waals surface area contributed by atoms with Crippen LogP contribution in [0.2, 0.25) is 0 Å². The number of likely N-dealkylation sites (tertiary alicyclic amines) is 1. The van der Waals surface area contributed by atoms with Crippen LogP contribution in [0.3, 0.4) is 0 Å². The SMILES string of the molecule is CC1=C(/C(=N\C(=N)N2CCC(OCc3ccccc3)CC2)NC2CCOCC2)[S+]([O-])CC1. The zero-order chi connectivity index (χ0) is 22.3. The Bertz CT molecular complexity index is 831. The van der Waals surface area contributed by atoms with Crippen molar-refractivity contribution in [3.63, 3.8) is 0 Å². The van der Waals surface area contributed by atoms with Crippen LogP contribution in [-0.2, 0) is 27.3 Å². The zero-order valence-corrected chi connectivity index (χ0v) is 19.7. The molecule has 3 aliphatic heterocycles. The number of ether oxygens (including phenoxy) is 2. The van der Waals surface area contributed by atoms with Gasteiger partial charge < -0.3 is 24.2 Å². The molecule has 0 amide bonds. The van der Waals surface area contributed by atoms with Crippen molar-refractivity contribution in [2.45, 2.75) is 57.8 Å². The van der Waals surface area contributed by atoms with Gasteiger partial charge >= 0.3 is 0 Å². The monoisotopic (exact) mass is 458 g/mol. The number of nitrogens with one attached hydrogen (secondary N) is 2. The van der Waals surface area contributed by atoms with Gasteiger partial charge in [-0.3, -0.25) is 5.41 Å². The molecule has 0 saturated carbocycles. The number of hydrogen-bond donors (Lipinski definition) is 2. The minimum absolute atomic E-state index is 0.204. The van der Waals surface area contributed by atoms with E-state index in [1.165, 1.54) is 5.56 Å². The van der Waals surface area contributed by atoms with Crippen LogP contribution in [0.4, 0.5) is 0 Å². The van der Waals surface area contributed by atoms with Crippen LogP contribution >= 0.6 is 0 Å². The average molecular weight is 459 g/mol. The normalized spacial score (nSPS) is 23.6. The molecule has 0 aromatic heterocycles. The summed E-state index contributed by atoms with van der Waals surface area (Å²) in [5.74, 6) is 1.51. The lowest BCUT2D eigenvalue weighted by atomic mass is 10.1. The number of hydrogen-bond acceptors (Lipinski definition) is 4. The predicted octanol–water partition coefficient (Wildman–Crippen LogP) is 3.20. The Labute approximate surface area is 194 Å². The van der Waals surface area contributed by atoms with Crippen molar-refractivity contribution in [2.75, 3.05) is 32.1 Å². The maximum Gasteiger partial charge on any atom is 0.219 e.